The Morgan fingerprint density at radius 3 is 2.50 bits per heavy atom. The lowest BCUT2D eigenvalue weighted by Crippen LogP contribution is -2.59. The molecule has 1 aliphatic carbocycles. The molecule has 0 radical (unpaired) electrons. The smallest absolute Gasteiger partial charge is 0.326 e. The quantitative estimate of drug-likeness (QED) is 0.184. The first kappa shape index (κ1) is 30.9. The minimum atomic E-state index is -0.721. The minimum Gasteiger partial charge on any atom is -0.497 e. The number of rotatable bonds is 10. The van der Waals surface area contributed by atoms with Gasteiger partial charge >= 0.3 is 5.97 Å². The molecule has 242 valence electrons. The Morgan fingerprint density at radius 1 is 1.00 bits per heavy atom. The number of benzene rings is 2. The maximum Gasteiger partial charge on any atom is 0.326 e. The fourth-order valence-electron chi connectivity index (χ4n) is 7.99. The van der Waals surface area contributed by atoms with Crippen LogP contribution in [0.25, 0.3) is 5.65 Å². The second kappa shape index (κ2) is 13.2. The van der Waals surface area contributed by atoms with Crippen molar-refractivity contribution in [3.63, 3.8) is 0 Å². The summed E-state index contributed by atoms with van der Waals surface area (Å²) >= 11 is 0. The van der Waals surface area contributed by atoms with Crippen LogP contribution < -0.4 is 4.74 Å². The average molecular weight is 625 g/mol. The number of likely N-dealkylation sites (tertiary alicyclic amines) is 2. The van der Waals surface area contributed by atoms with Crippen LogP contribution in [0.4, 0.5) is 4.39 Å². The van der Waals surface area contributed by atoms with Crippen LogP contribution in [0.2, 0.25) is 0 Å². The van der Waals surface area contributed by atoms with E-state index in [0.717, 1.165) is 87.4 Å². The molecule has 2 aliphatic heterocycles. The first-order valence-corrected chi connectivity index (χ1v) is 16.9. The third kappa shape index (κ3) is 6.17. The number of halogens is 1. The third-order valence-corrected chi connectivity index (χ3v) is 11.1. The minimum absolute atomic E-state index is 0.139. The Morgan fingerprint density at radius 2 is 1.80 bits per heavy atom. The largest absolute Gasteiger partial charge is 0.497 e. The molecule has 2 aromatic heterocycles. The molecule has 0 spiro atoms. The molecule has 4 aromatic rings. The number of carbonyl (C=O) groups is 1. The molecule has 3 fully saturated rings. The molecule has 7 rings (SSSR count). The van der Waals surface area contributed by atoms with Gasteiger partial charge in [-0.25, -0.2) is 9.37 Å². The molecule has 46 heavy (non-hydrogen) atoms. The van der Waals surface area contributed by atoms with Crippen molar-refractivity contribution in [1.29, 1.82) is 0 Å². The zero-order chi connectivity index (χ0) is 31.7. The standard InChI is InChI=1S/C38H45FN4O3/c1-38(31-8-6-9-31,37(44)46-26-27-12-14-33(45-2)15-13-27)43-23-30(34(24-43)29-7-5-10-32(39)21-29)22-41-19-16-28(17-20-41)35-25-42-18-4-3-11-36(42)40-35/h3-5,7,10-15,18,21,25,28,30-31,34H,6,8-9,16-17,19-20,22-24,26H2,1-2H3/t30-,34+,38+/m0/s1. The van der Waals surface area contributed by atoms with Gasteiger partial charge < -0.3 is 18.8 Å². The second-order valence-corrected chi connectivity index (χ2v) is 13.7. The van der Waals surface area contributed by atoms with Crippen LogP contribution in [0.15, 0.2) is 79.1 Å². The number of imidazole rings is 1. The Balaban J connectivity index is 1.07. The maximum absolute atomic E-state index is 14.5. The SMILES string of the molecule is COc1ccc(COC(=O)[C@@](C)(C2CCC2)N2C[C@H](CN3CCC(c4cn5ccccc5n4)CC3)[C@@H](c3cccc(F)c3)C2)cc1. The van der Waals surface area contributed by atoms with E-state index in [2.05, 4.69) is 45.7 Å². The van der Waals surface area contributed by atoms with E-state index >= 15 is 0 Å². The van der Waals surface area contributed by atoms with Gasteiger partial charge in [-0.1, -0.05) is 36.8 Å². The van der Waals surface area contributed by atoms with Crippen LogP contribution in [-0.2, 0) is 16.1 Å². The highest BCUT2D eigenvalue weighted by Crippen LogP contribution is 2.46. The van der Waals surface area contributed by atoms with E-state index in [1.54, 1.807) is 13.2 Å². The van der Waals surface area contributed by atoms with Gasteiger partial charge in [-0.3, -0.25) is 9.69 Å². The van der Waals surface area contributed by atoms with E-state index in [1.165, 1.54) is 11.8 Å². The van der Waals surface area contributed by atoms with Crippen LogP contribution in [0.1, 0.15) is 67.7 Å². The van der Waals surface area contributed by atoms with Gasteiger partial charge in [-0.2, -0.15) is 0 Å². The van der Waals surface area contributed by atoms with Gasteiger partial charge in [0.2, 0.25) is 0 Å². The summed E-state index contributed by atoms with van der Waals surface area (Å²) in [4.78, 5) is 23.9. The number of nitrogens with zero attached hydrogens (tertiary/aromatic N) is 4. The number of hydrogen-bond donors (Lipinski definition) is 0. The highest BCUT2D eigenvalue weighted by molar-refractivity contribution is 5.81. The first-order valence-electron chi connectivity index (χ1n) is 16.9. The molecule has 0 N–H and O–H groups in total. The summed E-state index contributed by atoms with van der Waals surface area (Å²) in [6, 6.07) is 20.9. The van der Waals surface area contributed by atoms with Crippen molar-refractivity contribution >= 4 is 11.6 Å². The Hall–Kier alpha value is -3.75. The van der Waals surface area contributed by atoms with Crippen LogP contribution in [0.3, 0.4) is 0 Å². The number of methoxy groups -OCH3 is 1. The van der Waals surface area contributed by atoms with Crippen LogP contribution in [-0.4, -0.2) is 70.5 Å². The van der Waals surface area contributed by atoms with E-state index < -0.39 is 5.54 Å². The number of fused-ring (bicyclic) bond motifs is 1. The Kier molecular flexibility index (Phi) is 8.84. The molecule has 0 bridgehead atoms. The predicted octanol–water partition coefficient (Wildman–Crippen LogP) is 6.68. The fraction of sp³-hybridized carbons (Fsp3) is 0.474. The van der Waals surface area contributed by atoms with Gasteiger partial charge in [0.25, 0.3) is 0 Å². The summed E-state index contributed by atoms with van der Waals surface area (Å²) in [6.07, 6.45) is 9.57. The van der Waals surface area contributed by atoms with Gasteiger partial charge in [0, 0.05) is 43.9 Å². The summed E-state index contributed by atoms with van der Waals surface area (Å²) in [7, 11) is 1.64. The van der Waals surface area contributed by atoms with E-state index in [-0.39, 0.29) is 36.1 Å². The summed E-state index contributed by atoms with van der Waals surface area (Å²) in [5.41, 5.74) is 3.42. The first-order chi connectivity index (χ1) is 22.4. The highest BCUT2D eigenvalue weighted by Gasteiger charge is 2.53. The van der Waals surface area contributed by atoms with Gasteiger partial charge in [-0.05, 0) is 105 Å². The third-order valence-electron chi connectivity index (χ3n) is 11.1. The lowest BCUT2D eigenvalue weighted by Gasteiger charge is -2.46. The van der Waals surface area contributed by atoms with Crippen molar-refractivity contribution in [3.8, 4) is 5.75 Å². The summed E-state index contributed by atoms with van der Waals surface area (Å²) in [6.45, 7) is 6.78. The molecule has 8 heteroatoms. The lowest BCUT2D eigenvalue weighted by atomic mass is 9.70. The second-order valence-electron chi connectivity index (χ2n) is 13.7. The normalized spacial score (nSPS) is 22.8. The number of esters is 1. The maximum atomic E-state index is 14.5. The summed E-state index contributed by atoms with van der Waals surface area (Å²) in [5, 5.41) is 0. The van der Waals surface area contributed by atoms with Crippen LogP contribution in [0.5, 0.6) is 5.75 Å². The monoisotopic (exact) mass is 624 g/mol. The van der Waals surface area contributed by atoms with Gasteiger partial charge in [0.05, 0.1) is 12.8 Å². The number of carbonyl (C=O) groups excluding carboxylic acids is 1. The molecule has 3 atom stereocenters. The molecule has 2 saturated heterocycles. The lowest BCUT2D eigenvalue weighted by molar-refractivity contribution is -0.165. The number of hydrogen-bond acceptors (Lipinski definition) is 6. The number of aromatic nitrogens is 2. The zero-order valence-electron chi connectivity index (χ0n) is 27.0. The van der Waals surface area contributed by atoms with Gasteiger partial charge in [-0.15, -0.1) is 0 Å². The predicted molar refractivity (Wildman–Crippen MR) is 176 cm³/mol. The molecule has 4 heterocycles. The molecular formula is C38H45FN4O3. The molecule has 3 aliphatic rings. The van der Waals surface area contributed by atoms with Crippen molar-refractivity contribution in [2.75, 3.05) is 39.8 Å². The van der Waals surface area contributed by atoms with Crippen LogP contribution >= 0.6 is 0 Å². The van der Waals surface area contributed by atoms with Crippen molar-refractivity contribution in [1.82, 2.24) is 19.2 Å². The van der Waals surface area contributed by atoms with Crippen molar-refractivity contribution in [2.45, 2.75) is 63.0 Å². The van der Waals surface area contributed by atoms with E-state index in [0.29, 0.717) is 5.92 Å². The molecule has 7 nitrogen and oxygen atoms in total. The molecule has 2 aromatic carbocycles. The average Bonchev–Trinajstić information content (AvgIpc) is 3.68. The highest BCUT2D eigenvalue weighted by atomic mass is 19.1. The summed E-state index contributed by atoms with van der Waals surface area (Å²) < 4.78 is 28.0. The van der Waals surface area contributed by atoms with Crippen molar-refractivity contribution in [2.24, 2.45) is 11.8 Å². The molecule has 1 saturated carbocycles. The van der Waals surface area contributed by atoms with Crippen LogP contribution in [0, 0.1) is 17.7 Å². The van der Waals surface area contributed by atoms with E-state index in [1.807, 2.05) is 42.5 Å². The van der Waals surface area contributed by atoms with Gasteiger partial charge in [0.15, 0.2) is 0 Å². The number of ether oxygens (including phenoxy) is 2. The number of pyridine rings is 1. The molecule has 0 amide bonds. The van der Waals surface area contributed by atoms with Crippen molar-refractivity contribution in [3.05, 3.63) is 102 Å². The molecule has 0 unspecified atom stereocenters. The molecular weight excluding hydrogens is 579 g/mol. The fourth-order valence-corrected chi connectivity index (χ4v) is 7.99. The van der Waals surface area contributed by atoms with Crippen molar-refractivity contribution < 1.29 is 18.7 Å². The van der Waals surface area contributed by atoms with Gasteiger partial charge in [0.1, 0.15) is 29.4 Å². The summed E-state index contributed by atoms with van der Waals surface area (Å²) in [5.74, 6) is 1.55. The van der Waals surface area contributed by atoms with E-state index in [4.69, 9.17) is 14.5 Å². The Bertz CT molecular complexity index is 1610. The topological polar surface area (TPSA) is 59.3 Å². The van der Waals surface area contributed by atoms with E-state index in [9.17, 15) is 9.18 Å². The zero-order valence-corrected chi connectivity index (χ0v) is 27.0. The number of piperidine rings is 1. The Labute approximate surface area is 271 Å².